The van der Waals surface area contributed by atoms with Crippen LogP contribution < -0.4 is 20.7 Å². The van der Waals surface area contributed by atoms with Gasteiger partial charge in [0.15, 0.2) is 0 Å². The molecule has 2 heterocycles. The molecular weight excluding hydrogens is 644 g/mol. The van der Waals surface area contributed by atoms with Crippen LogP contribution >= 0.6 is 0 Å². The highest BCUT2D eigenvalue weighted by molar-refractivity contribution is 7.91. The lowest BCUT2D eigenvalue weighted by atomic mass is 9.85. The first-order chi connectivity index (χ1) is 23.2. The maximum Gasteiger partial charge on any atom is 0.315 e. The third-order valence-corrected chi connectivity index (χ3v) is 12.6. The molecule has 13 heteroatoms. The maximum absolute atomic E-state index is 14.5. The zero-order chi connectivity index (χ0) is 34.9. The van der Waals surface area contributed by atoms with Gasteiger partial charge < -0.3 is 20.9 Å². The molecule has 4 N–H and O–H groups in total. The molecule has 0 unspecified atom stereocenters. The number of nitrogens with zero attached hydrogens (tertiary/aromatic N) is 2. The minimum Gasteiger partial charge on any atom is -0.339 e. The molecule has 0 bridgehead atoms. The van der Waals surface area contributed by atoms with Gasteiger partial charge in [-0.05, 0) is 65.8 Å². The van der Waals surface area contributed by atoms with Gasteiger partial charge in [0.05, 0.1) is 5.25 Å². The summed E-state index contributed by atoms with van der Waals surface area (Å²) in [5.74, 6) is -2.15. The molecule has 4 fully saturated rings. The number of urea groups is 1. The van der Waals surface area contributed by atoms with Crippen molar-refractivity contribution in [2.24, 2.45) is 11.3 Å². The van der Waals surface area contributed by atoms with Gasteiger partial charge in [-0.1, -0.05) is 63.2 Å². The van der Waals surface area contributed by atoms with Gasteiger partial charge in [0.25, 0.3) is 5.91 Å². The fourth-order valence-electron chi connectivity index (χ4n) is 7.51. The number of hydrogen-bond donors (Lipinski definition) is 4. The lowest BCUT2D eigenvalue weighted by Crippen LogP contribution is -2.61. The Hall–Kier alpha value is -3.97. The molecule has 2 aromatic rings. The third kappa shape index (κ3) is 6.54. The van der Waals surface area contributed by atoms with Gasteiger partial charge in [0.1, 0.15) is 17.6 Å². The number of sulfonamides is 1. The molecular formula is C36H46N6O6S. The highest BCUT2D eigenvalue weighted by Gasteiger charge is 2.62. The van der Waals surface area contributed by atoms with Gasteiger partial charge in [0, 0.05) is 37.6 Å². The zero-order valence-corrected chi connectivity index (χ0v) is 29.1. The number of rotatable bonds is 10. The van der Waals surface area contributed by atoms with Crippen molar-refractivity contribution in [3.63, 3.8) is 0 Å². The number of likely N-dealkylation sites (tertiary alicyclic amines) is 1. The first-order valence-corrected chi connectivity index (χ1v) is 18.9. The molecule has 0 aromatic heterocycles. The summed E-state index contributed by atoms with van der Waals surface area (Å²) in [6.45, 7) is 10.9. The predicted octanol–water partition coefficient (Wildman–Crippen LogP) is 2.67. The van der Waals surface area contributed by atoms with Crippen molar-refractivity contribution in [1.82, 2.24) is 30.5 Å². The van der Waals surface area contributed by atoms with Crippen LogP contribution in [-0.4, -0.2) is 83.5 Å². The molecule has 0 spiro atoms. The minimum atomic E-state index is -3.85. The minimum absolute atomic E-state index is 0.0965. The summed E-state index contributed by atoms with van der Waals surface area (Å²) in [5, 5.41) is 10.5. The van der Waals surface area contributed by atoms with Crippen LogP contribution in [0.3, 0.4) is 0 Å². The van der Waals surface area contributed by atoms with Crippen molar-refractivity contribution in [2.45, 2.75) is 107 Å². The summed E-state index contributed by atoms with van der Waals surface area (Å²) in [6.07, 6.45) is 4.83. The van der Waals surface area contributed by atoms with Crippen molar-refractivity contribution in [2.75, 3.05) is 6.54 Å². The molecule has 5 amide bonds. The molecule has 0 radical (unpaired) electrons. The van der Waals surface area contributed by atoms with Crippen LogP contribution in [0.5, 0.6) is 0 Å². The lowest BCUT2D eigenvalue weighted by Gasteiger charge is -2.36. The number of hydrogen-bond acceptors (Lipinski definition) is 7. The van der Waals surface area contributed by atoms with Crippen molar-refractivity contribution in [3.8, 4) is 0 Å². The summed E-state index contributed by atoms with van der Waals surface area (Å²) in [7, 11) is -3.85. The Morgan fingerprint density at radius 3 is 2.20 bits per heavy atom. The van der Waals surface area contributed by atoms with Crippen molar-refractivity contribution >= 4 is 44.5 Å². The van der Waals surface area contributed by atoms with E-state index in [2.05, 4.69) is 56.4 Å². The normalized spacial score (nSPS) is 27.2. The van der Waals surface area contributed by atoms with E-state index in [0.717, 1.165) is 12.8 Å². The van der Waals surface area contributed by atoms with E-state index in [1.165, 1.54) is 21.9 Å². The molecule has 5 aliphatic rings. The molecule has 2 aromatic carbocycles. The van der Waals surface area contributed by atoms with Crippen molar-refractivity contribution in [1.29, 1.82) is 0 Å². The monoisotopic (exact) mass is 690 g/mol. The van der Waals surface area contributed by atoms with Crippen molar-refractivity contribution < 1.29 is 27.6 Å². The van der Waals surface area contributed by atoms with Crippen LogP contribution in [-0.2, 0) is 37.5 Å². The quantitative estimate of drug-likeness (QED) is 0.279. The van der Waals surface area contributed by atoms with E-state index in [0.29, 0.717) is 32.4 Å². The van der Waals surface area contributed by atoms with Crippen LogP contribution in [0.1, 0.15) is 70.4 Å². The Bertz CT molecular complexity index is 1790. The average molecular weight is 691 g/mol. The Balaban J connectivity index is 1.16. The summed E-state index contributed by atoms with van der Waals surface area (Å²) in [4.78, 5) is 59.1. The smallest absolute Gasteiger partial charge is 0.315 e. The van der Waals surface area contributed by atoms with Crippen LogP contribution in [0.25, 0.3) is 10.8 Å². The third-order valence-electron chi connectivity index (χ3n) is 10.8. The number of amides is 5. The topological polar surface area (TPSA) is 157 Å². The van der Waals surface area contributed by atoms with E-state index in [1.54, 1.807) is 11.0 Å². The van der Waals surface area contributed by atoms with E-state index in [4.69, 9.17) is 0 Å². The fourth-order valence-corrected chi connectivity index (χ4v) is 8.87. The van der Waals surface area contributed by atoms with Gasteiger partial charge in [-0.2, -0.15) is 0 Å². The highest BCUT2D eigenvalue weighted by atomic mass is 32.2. The Labute approximate surface area is 287 Å². The second-order valence-electron chi connectivity index (χ2n) is 15.6. The molecule has 5 atom stereocenters. The van der Waals surface area contributed by atoms with Gasteiger partial charge in [-0.3, -0.25) is 24.0 Å². The van der Waals surface area contributed by atoms with Gasteiger partial charge in [0.2, 0.25) is 21.8 Å². The molecule has 2 aliphatic heterocycles. The standard InChI is InChI=1S/C36H46N6O6S/c1-5-24-17-36(24,33(45)40-49(47,48)27-14-15-27)39-31(43)28-16-26(41-18-22-10-6-8-21-9-7-11-23(19-41)29(21)22)20-42(28)32(44)30(35(2,3)4)38-34(46)37-25-12-13-25/h5-11,24-28,30H,1,12-20H2,2-4H3,(H,39,43)(H,40,45)(H2,37,38,46)/t24-,26-,28+,30-,36-/m1/s1. The predicted molar refractivity (Wildman–Crippen MR) is 184 cm³/mol. The van der Waals surface area contributed by atoms with Gasteiger partial charge in [-0.25, -0.2) is 13.2 Å². The maximum atomic E-state index is 14.5. The van der Waals surface area contributed by atoms with Gasteiger partial charge in [-0.15, -0.1) is 6.58 Å². The van der Waals surface area contributed by atoms with E-state index >= 15 is 0 Å². The van der Waals surface area contributed by atoms with E-state index in [-0.39, 0.29) is 31.0 Å². The SMILES string of the molecule is C=C[C@@H]1C[C@]1(NC(=O)[C@@H]1C[C@@H](N2Cc3cccc4cccc(c34)C2)CN1C(=O)[C@@H](NC(=O)NC1CC1)C(C)(C)C)C(=O)NS(=O)(=O)C1CC1. The molecule has 12 nitrogen and oxygen atoms in total. The van der Waals surface area contributed by atoms with Crippen LogP contribution in [0.15, 0.2) is 49.1 Å². The molecule has 1 saturated heterocycles. The summed E-state index contributed by atoms with van der Waals surface area (Å²) in [5.41, 5.74) is 0.198. The molecule has 262 valence electrons. The van der Waals surface area contributed by atoms with Crippen LogP contribution in [0.4, 0.5) is 4.79 Å². The largest absolute Gasteiger partial charge is 0.339 e. The highest BCUT2D eigenvalue weighted by Crippen LogP contribution is 2.46. The molecule has 7 rings (SSSR count). The second-order valence-corrected chi connectivity index (χ2v) is 17.6. The summed E-state index contributed by atoms with van der Waals surface area (Å²) < 4.78 is 27.6. The molecule has 3 aliphatic carbocycles. The Morgan fingerprint density at radius 2 is 1.65 bits per heavy atom. The number of benzene rings is 2. The van der Waals surface area contributed by atoms with E-state index < -0.39 is 62.1 Å². The number of nitrogens with one attached hydrogen (secondary N) is 4. The first kappa shape index (κ1) is 33.5. The summed E-state index contributed by atoms with van der Waals surface area (Å²) >= 11 is 0. The Kier molecular flexibility index (Phi) is 8.29. The Morgan fingerprint density at radius 1 is 1.00 bits per heavy atom. The van der Waals surface area contributed by atoms with E-state index in [1.807, 2.05) is 32.9 Å². The number of carbonyl (C=O) groups is 4. The zero-order valence-electron chi connectivity index (χ0n) is 28.3. The lowest BCUT2D eigenvalue weighted by molar-refractivity contribution is -0.142. The van der Waals surface area contributed by atoms with Crippen LogP contribution in [0, 0.1) is 11.3 Å². The fraction of sp³-hybridized carbons (Fsp3) is 0.556. The van der Waals surface area contributed by atoms with Crippen LogP contribution in [0.2, 0.25) is 0 Å². The summed E-state index contributed by atoms with van der Waals surface area (Å²) in [6, 6.07) is 10.1. The number of carbonyl (C=O) groups excluding carboxylic acids is 4. The van der Waals surface area contributed by atoms with Gasteiger partial charge >= 0.3 is 6.03 Å². The molecule has 49 heavy (non-hydrogen) atoms. The van der Waals surface area contributed by atoms with Crippen molar-refractivity contribution in [3.05, 3.63) is 60.2 Å². The second kappa shape index (κ2) is 12.1. The van der Waals surface area contributed by atoms with E-state index in [9.17, 15) is 27.6 Å². The average Bonchev–Trinajstić information content (AvgIpc) is 3.95. The first-order valence-electron chi connectivity index (χ1n) is 17.3. The molecule has 3 saturated carbocycles.